The van der Waals surface area contributed by atoms with Crippen molar-refractivity contribution in [2.75, 3.05) is 5.73 Å². The van der Waals surface area contributed by atoms with Crippen molar-refractivity contribution in [3.63, 3.8) is 0 Å². The van der Waals surface area contributed by atoms with Gasteiger partial charge >= 0.3 is 6.18 Å². The third-order valence-electron chi connectivity index (χ3n) is 1.95. The molecule has 0 spiro atoms. The monoisotopic (exact) mass is 283 g/mol. The number of rotatable bonds is 4. The van der Waals surface area contributed by atoms with Crippen molar-refractivity contribution in [1.29, 1.82) is 0 Å². The average Bonchev–Trinajstić information content (AvgIpc) is 2.13. The molecule has 1 aromatic rings. The summed E-state index contributed by atoms with van der Waals surface area (Å²) in [6.45, 7) is 1.12. The SMILES string of the molecule is CC(CC(F)(F)F)NS(=O)(=O)c1ncccc1N. The summed E-state index contributed by atoms with van der Waals surface area (Å²) in [4.78, 5) is 3.54. The van der Waals surface area contributed by atoms with Gasteiger partial charge in [-0.2, -0.15) is 13.2 Å². The second-order valence-corrected chi connectivity index (χ2v) is 5.37. The van der Waals surface area contributed by atoms with E-state index in [2.05, 4.69) is 4.98 Å². The third-order valence-corrected chi connectivity index (χ3v) is 3.51. The van der Waals surface area contributed by atoms with E-state index < -0.39 is 33.7 Å². The van der Waals surface area contributed by atoms with Crippen molar-refractivity contribution in [2.24, 2.45) is 0 Å². The van der Waals surface area contributed by atoms with E-state index in [0.717, 1.165) is 6.92 Å². The minimum atomic E-state index is -4.45. The van der Waals surface area contributed by atoms with E-state index in [1.165, 1.54) is 18.3 Å². The number of sulfonamides is 1. The van der Waals surface area contributed by atoms with E-state index >= 15 is 0 Å². The lowest BCUT2D eigenvalue weighted by atomic mass is 10.2. The van der Waals surface area contributed by atoms with Crippen molar-refractivity contribution in [3.05, 3.63) is 18.3 Å². The summed E-state index contributed by atoms with van der Waals surface area (Å²) in [5.41, 5.74) is 5.28. The average molecular weight is 283 g/mol. The Hall–Kier alpha value is -1.35. The van der Waals surface area contributed by atoms with Crippen molar-refractivity contribution in [2.45, 2.75) is 30.6 Å². The molecule has 5 nitrogen and oxygen atoms in total. The maximum atomic E-state index is 12.1. The Morgan fingerprint density at radius 1 is 1.50 bits per heavy atom. The quantitative estimate of drug-likeness (QED) is 0.871. The van der Waals surface area contributed by atoms with Crippen LogP contribution in [0.1, 0.15) is 13.3 Å². The van der Waals surface area contributed by atoms with Crippen molar-refractivity contribution < 1.29 is 21.6 Å². The molecule has 1 heterocycles. The van der Waals surface area contributed by atoms with Gasteiger partial charge in [0.1, 0.15) is 0 Å². The Morgan fingerprint density at radius 2 is 2.11 bits per heavy atom. The molecule has 0 aliphatic carbocycles. The fraction of sp³-hybridized carbons (Fsp3) is 0.444. The van der Waals surface area contributed by atoms with Crippen LogP contribution < -0.4 is 10.5 Å². The van der Waals surface area contributed by atoms with Gasteiger partial charge < -0.3 is 5.73 Å². The highest BCUT2D eigenvalue weighted by atomic mass is 32.2. The number of aromatic nitrogens is 1. The molecule has 1 aromatic heterocycles. The maximum Gasteiger partial charge on any atom is 0.390 e. The molecule has 0 bridgehead atoms. The van der Waals surface area contributed by atoms with Crippen LogP contribution in [0.15, 0.2) is 23.4 Å². The largest absolute Gasteiger partial charge is 0.396 e. The molecule has 1 atom stereocenters. The molecule has 3 N–H and O–H groups in total. The van der Waals surface area contributed by atoms with E-state index in [1.54, 1.807) is 0 Å². The summed E-state index contributed by atoms with van der Waals surface area (Å²) in [5, 5.41) is -0.473. The van der Waals surface area contributed by atoms with E-state index in [4.69, 9.17) is 5.73 Å². The number of pyridine rings is 1. The number of hydrogen-bond acceptors (Lipinski definition) is 4. The van der Waals surface area contributed by atoms with Gasteiger partial charge in [-0.15, -0.1) is 0 Å². The topological polar surface area (TPSA) is 85.1 Å². The minimum absolute atomic E-state index is 0.121. The van der Waals surface area contributed by atoms with Gasteiger partial charge in [0, 0.05) is 12.2 Å². The van der Waals surface area contributed by atoms with Gasteiger partial charge in [0.05, 0.1) is 12.1 Å². The first-order chi connectivity index (χ1) is 8.12. The van der Waals surface area contributed by atoms with E-state index in [-0.39, 0.29) is 5.69 Å². The van der Waals surface area contributed by atoms with Gasteiger partial charge in [-0.05, 0) is 19.1 Å². The molecular weight excluding hydrogens is 271 g/mol. The van der Waals surface area contributed by atoms with E-state index in [9.17, 15) is 21.6 Å². The summed E-state index contributed by atoms with van der Waals surface area (Å²) in [7, 11) is -4.15. The zero-order valence-electron chi connectivity index (χ0n) is 9.40. The van der Waals surface area contributed by atoms with Crippen LogP contribution in [0.25, 0.3) is 0 Å². The van der Waals surface area contributed by atoms with Crippen LogP contribution >= 0.6 is 0 Å². The fourth-order valence-electron chi connectivity index (χ4n) is 1.34. The first-order valence-electron chi connectivity index (χ1n) is 4.91. The lowest BCUT2D eigenvalue weighted by Gasteiger charge is -2.16. The number of halogens is 3. The highest BCUT2D eigenvalue weighted by molar-refractivity contribution is 7.89. The first-order valence-corrected chi connectivity index (χ1v) is 6.40. The summed E-state index contributed by atoms with van der Waals surface area (Å²) < 4.78 is 61.6. The van der Waals surface area contributed by atoms with Gasteiger partial charge in [0.25, 0.3) is 10.0 Å². The molecule has 18 heavy (non-hydrogen) atoms. The Morgan fingerprint density at radius 3 is 2.61 bits per heavy atom. The molecule has 0 aliphatic heterocycles. The number of nitrogens with two attached hydrogens (primary N) is 1. The van der Waals surface area contributed by atoms with Crippen LogP contribution in [-0.4, -0.2) is 25.6 Å². The predicted octanol–water partition coefficient (Wildman–Crippen LogP) is 1.28. The van der Waals surface area contributed by atoms with Crippen LogP contribution in [0.5, 0.6) is 0 Å². The van der Waals surface area contributed by atoms with Gasteiger partial charge in [-0.25, -0.2) is 18.1 Å². The summed E-state index contributed by atoms with van der Waals surface area (Å²) in [6, 6.07) is 1.43. The molecular formula is C9H12F3N3O2S. The highest BCUT2D eigenvalue weighted by Crippen LogP contribution is 2.22. The molecule has 0 aromatic carbocycles. The van der Waals surface area contributed by atoms with Gasteiger partial charge in [0.2, 0.25) is 0 Å². The Kier molecular flexibility index (Phi) is 4.17. The van der Waals surface area contributed by atoms with E-state index in [0.29, 0.717) is 0 Å². The zero-order chi connectivity index (χ0) is 14.0. The molecule has 1 unspecified atom stereocenters. The van der Waals surface area contributed by atoms with Crippen LogP contribution in [0.4, 0.5) is 18.9 Å². The summed E-state index contributed by atoms with van der Waals surface area (Å²) in [5.74, 6) is 0. The predicted molar refractivity (Wildman–Crippen MR) is 59.1 cm³/mol. The molecule has 0 amide bonds. The second kappa shape index (κ2) is 5.11. The fourth-order valence-corrected chi connectivity index (χ4v) is 2.64. The first kappa shape index (κ1) is 14.7. The molecule has 102 valence electrons. The molecule has 0 aliphatic rings. The van der Waals surface area contributed by atoms with E-state index in [1.807, 2.05) is 4.72 Å². The van der Waals surface area contributed by atoms with Crippen molar-refractivity contribution in [3.8, 4) is 0 Å². The highest BCUT2D eigenvalue weighted by Gasteiger charge is 2.32. The van der Waals surface area contributed by atoms with Gasteiger partial charge in [-0.3, -0.25) is 0 Å². The molecule has 1 rings (SSSR count). The number of nitrogens with one attached hydrogen (secondary N) is 1. The molecule has 0 saturated heterocycles. The Bertz CT molecular complexity index is 516. The Balaban J connectivity index is 2.87. The zero-order valence-corrected chi connectivity index (χ0v) is 10.2. The van der Waals surface area contributed by atoms with Crippen LogP contribution in [0.3, 0.4) is 0 Å². The number of nitrogen functional groups attached to an aromatic ring is 1. The second-order valence-electron chi connectivity index (χ2n) is 3.74. The summed E-state index contributed by atoms with van der Waals surface area (Å²) in [6.07, 6.45) is -4.52. The van der Waals surface area contributed by atoms with Gasteiger partial charge in [-0.1, -0.05) is 0 Å². The molecule has 0 saturated carbocycles. The smallest absolute Gasteiger partial charge is 0.390 e. The van der Waals surface area contributed by atoms with Crippen LogP contribution in [0, 0.1) is 0 Å². The minimum Gasteiger partial charge on any atom is -0.396 e. The lowest BCUT2D eigenvalue weighted by molar-refractivity contribution is -0.137. The van der Waals surface area contributed by atoms with Gasteiger partial charge in [0.15, 0.2) is 5.03 Å². The summed E-state index contributed by atoms with van der Waals surface area (Å²) >= 11 is 0. The number of anilines is 1. The maximum absolute atomic E-state index is 12.1. The van der Waals surface area contributed by atoms with Crippen molar-refractivity contribution >= 4 is 15.7 Å². The lowest BCUT2D eigenvalue weighted by Crippen LogP contribution is -2.36. The number of hydrogen-bond donors (Lipinski definition) is 2. The number of nitrogens with zero attached hydrogens (tertiary/aromatic N) is 1. The third kappa shape index (κ3) is 4.15. The van der Waals surface area contributed by atoms with Crippen LogP contribution in [-0.2, 0) is 10.0 Å². The van der Waals surface area contributed by atoms with Crippen LogP contribution in [0.2, 0.25) is 0 Å². The normalized spacial score (nSPS) is 14.4. The molecule has 9 heteroatoms. The molecule has 0 radical (unpaired) electrons. The van der Waals surface area contributed by atoms with Crippen molar-refractivity contribution in [1.82, 2.24) is 9.71 Å². The molecule has 0 fully saturated rings. The number of alkyl halides is 3. The Labute approximate surface area is 102 Å². The standard InChI is InChI=1S/C9H12F3N3O2S/c1-6(5-9(10,11)12)15-18(16,17)8-7(13)3-2-4-14-8/h2-4,6,15H,5,13H2,1H3.